The second-order valence-electron chi connectivity index (χ2n) is 4.85. The maximum atomic E-state index is 9.31. The van der Waals surface area contributed by atoms with Crippen LogP contribution in [0.5, 0.6) is 17.2 Å². The molecule has 5 heteroatoms. The molecule has 0 amide bonds. The Hall–Kier alpha value is -2.07. The highest BCUT2D eigenvalue weighted by molar-refractivity contribution is 6.30. The number of nitrogens with one attached hydrogen (secondary N) is 1. The third-order valence-electron chi connectivity index (χ3n) is 3.12. The maximum absolute atomic E-state index is 9.31. The van der Waals surface area contributed by atoms with Crippen LogP contribution in [0.4, 0.5) is 5.69 Å². The molecule has 0 fully saturated rings. The van der Waals surface area contributed by atoms with Crippen LogP contribution in [0.2, 0.25) is 5.02 Å². The van der Waals surface area contributed by atoms with Crippen molar-refractivity contribution in [3.8, 4) is 17.2 Å². The number of hydrogen-bond acceptors (Lipinski definition) is 4. The molecule has 0 radical (unpaired) electrons. The zero-order valence-corrected chi connectivity index (χ0v) is 13.5. The second kappa shape index (κ2) is 7.80. The molecule has 0 bridgehead atoms. The highest BCUT2D eigenvalue weighted by Gasteiger charge is 2.12. The number of aromatic hydroxyl groups is 1. The summed E-state index contributed by atoms with van der Waals surface area (Å²) < 4.78 is 11.2. The minimum absolute atomic E-state index is 0.238. The van der Waals surface area contributed by atoms with E-state index in [9.17, 15) is 5.11 Å². The lowest BCUT2D eigenvalue weighted by atomic mass is 10.1. The van der Waals surface area contributed by atoms with Gasteiger partial charge in [0.05, 0.1) is 13.7 Å². The number of phenolic OH excluding ortho intramolecular Hbond substituents is 1. The van der Waals surface area contributed by atoms with Crippen LogP contribution in [0.15, 0.2) is 36.4 Å². The van der Waals surface area contributed by atoms with Gasteiger partial charge in [0.15, 0.2) is 11.5 Å². The van der Waals surface area contributed by atoms with E-state index in [1.165, 1.54) is 0 Å². The van der Waals surface area contributed by atoms with Gasteiger partial charge in [0.1, 0.15) is 5.75 Å². The summed E-state index contributed by atoms with van der Waals surface area (Å²) in [5.74, 6) is 1.57. The van der Waals surface area contributed by atoms with E-state index >= 15 is 0 Å². The molecule has 0 atom stereocenters. The largest absolute Gasteiger partial charge is 0.508 e. The standard InChI is InChI=1S/C17H20ClNO3/c1-3-8-22-17-12(9-13(18)10-16(17)21-2)11-19-14-4-6-15(20)7-5-14/h4-7,9-10,19-20H,3,8,11H2,1-2H3. The molecular formula is C17H20ClNO3. The Bertz CT molecular complexity index is 614. The van der Waals surface area contributed by atoms with Crippen molar-refractivity contribution in [2.45, 2.75) is 19.9 Å². The minimum atomic E-state index is 0.238. The van der Waals surface area contributed by atoms with Crippen molar-refractivity contribution in [3.05, 3.63) is 47.0 Å². The first-order valence-corrected chi connectivity index (χ1v) is 7.54. The summed E-state index contributed by atoms with van der Waals surface area (Å²) in [7, 11) is 1.60. The molecule has 0 unspecified atom stereocenters. The Labute approximate surface area is 135 Å². The van der Waals surface area contributed by atoms with Crippen molar-refractivity contribution in [3.63, 3.8) is 0 Å². The van der Waals surface area contributed by atoms with Crippen molar-refractivity contribution in [2.24, 2.45) is 0 Å². The van der Waals surface area contributed by atoms with Gasteiger partial charge in [-0.15, -0.1) is 0 Å². The predicted octanol–water partition coefficient (Wildman–Crippen LogP) is 4.46. The lowest BCUT2D eigenvalue weighted by Crippen LogP contribution is -2.06. The molecule has 2 N–H and O–H groups in total. The van der Waals surface area contributed by atoms with Gasteiger partial charge in [-0.1, -0.05) is 18.5 Å². The van der Waals surface area contributed by atoms with Gasteiger partial charge < -0.3 is 19.9 Å². The molecule has 22 heavy (non-hydrogen) atoms. The summed E-state index contributed by atoms with van der Waals surface area (Å²) >= 11 is 6.14. The van der Waals surface area contributed by atoms with Crippen molar-refractivity contribution in [2.75, 3.05) is 19.0 Å². The minimum Gasteiger partial charge on any atom is -0.508 e. The van der Waals surface area contributed by atoms with Crippen LogP contribution in [0.25, 0.3) is 0 Å². The first-order valence-electron chi connectivity index (χ1n) is 7.16. The monoisotopic (exact) mass is 321 g/mol. The normalized spacial score (nSPS) is 10.3. The molecule has 118 valence electrons. The maximum Gasteiger partial charge on any atom is 0.166 e. The third-order valence-corrected chi connectivity index (χ3v) is 3.34. The Kier molecular flexibility index (Phi) is 5.78. The van der Waals surface area contributed by atoms with E-state index in [0.29, 0.717) is 29.7 Å². The van der Waals surface area contributed by atoms with Crippen LogP contribution >= 0.6 is 11.6 Å². The molecule has 0 saturated heterocycles. The van der Waals surface area contributed by atoms with Crippen LogP contribution in [0, 0.1) is 0 Å². The molecule has 2 aromatic carbocycles. The molecule has 0 heterocycles. The molecule has 0 aliphatic carbocycles. The summed E-state index contributed by atoms with van der Waals surface area (Å²) in [4.78, 5) is 0. The number of phenols is 1. The van der Waals surface area contributed by atoms with Crippen molar-refractivity contribution in [1.29, 1.82) is 0 Å². The number of methoxy groups -OCH3 is 1. The summed E-state index contributed by atoms with van der Waals surface area (Å²) in [5, 5.41) is 13.2. The third kappa shape index (κ3) is 4.21. The number of benzene rings is 2. The Morgan fingerprint density at radius 3 is 2.55 bits per heavy atom. The number of halogens is 1. The average molecular weight is 322 g/mol. The predicted molar refractivity (Wildman–Crippen MR) is 89.2 cm³/mol. The summed E-state index contributed by atoms with van der Waals surface area (Å²) in [6, 6.07) is 10.5. The van der Waals surface area contributed by atoms with Crippen LogP contribution in [-0.4, -0.2) is 18.8 Å². The fourth-order valence-electron chi connectivity index (χ4n) is 2.05. The van der Waals surface area contributed by atoms with E-state index in [1.54, 1.807) is 25.3 Å². The average Bonchev–Trinajstić information content (AvgIpc) is 2.52. The van der Waals surface area contributed by atoms with Gasteiger partial charge in [-0.25, -0.2) is 0 Å². The summed E-state index contributed by atoms with van der Waals surface area (Å²) in [6.07, 6.45) is 0.913. The number of hydrogen-bond donors (Lipinski definition) is 2. The van der Waals surface area contributed by atoms with E-state index in [4.69, 9.17) is 21.1 Å². The van der Waals surface area contributed by atoms with Gasteiger partial charge in [-0.3, -0.25) is 0 Å². The Morgan fingerprint density at radius 2 is 1.91 bits per heavy atom. The molecule has 0 spiro atoms. The van der Waals surface area contributed by atoms with E-state index in [0.717, 1.165) is 17.7 Å². The van der Waals surface area contributed by atoms with Gasteiger partial charge in [-0.2, -0.15) is 0 Å². The van der Waals surface area contributed by atoms with Gasteiger partial charge >= 0.3 is 0 Å². The molecule has 2 aromatic rings. The molecule has 0 aliphatic rings. The van der Waals surface area contributed by atoms with E-state index < -0.39 is 0 Å². The number of anilines is 1. The Morgan fingerprint density at radius 1 is 1.18 bits per heavy atom. The molecular weight excluding hydrogens is 302 g/mol. The lowest BCUT2D eigenvalue weighted by Gasteiger charge is -2.16. The number of rotatable bonds is 7. The molecule has 0 aromatic heterocycles. The van der Waals surface area contributed by atoms with Gasteiger partial charge in [0, 0.05) is 28.9 Å². The van der Waals surface area contributed by atoms with Crippen LogP contribution in [-0.2, 0) is 6.54 Å². The SMILES string of the molecule is CCCOc1c(CNc2ccc(O)cc2)cc(Cl)cc1OC. The van der Waals surface area contributed by atoms with Gasteiger partial charge in [0.25, 0.3) is 0 Å². The smallest absolute Gasteiger partial charge is 0.166 e. The highest BCUT2D eigenvalue weighted by Crippen LogP contribution is 2.35. The van der Waals surface area contributed by atoms with E-state index in [1.807, 2.05) is 18.2 Å². The van der Waals surface area contributed by atoms with Crippen molar-refractivity contribution >= 4 is 17.3 Å². The van der Waals surface area contributed by atoms with Crippen LogP contribution in [0.1, 0.15) is 18.9 Å². The van der Waals surface area contributed by atoms with Crippen molar-refractivity contribution in [1.82, 2.24) is 0 Å². The van der Waals surface area contributed by atoms with Gasteiger partial charge in [-0.05, 0) is 36.8 Å². The Balaban J connectivity index is 2.20. The van der Waals surface area contributed by atoms with Crippen LogP contribution in [0.3, 0.4) is 0 Å². The molecule has 0 aliphatic heterocycles. The number of ether oxygens (including phenoxy) is 2. The van der Waals surface area contributed by atoms with E-state index in [-0.39, 0.29) is 5.75 Å². The first kappa shape index (κ1) is 16.3. The fourth-order valence-corrected chi connectivity index (χ4v) is 2.28. The van der Waals surface area contributed by atoms with Crippen molar-refractivity contribution < 1.29 is 14.6 Å². The fraction of sp³-hybridized carbons (Fsp3) is 0.294. The van der Waals surface area contributed by atoms with Gasteiger partial charge in [0.2, 0.25) is 0 Å². The van der Waals surface area contributed by atoms with E-state index in [2.05, 4.69) is 12.2 Å². The summed E-state index contributed by atoms with van der Waals surface area (Å²) in [6.45, 7) is 3.21. The summed E-state index contributed by atoms with van der Waals surface area (Å²) in [5.41, 5.74) is 1.82. The lowest BCUT2D eigenvalue weighted by molar-refractivity contribution is 0.291. The zero-order valence-electron chi connectivity index (χ0n) is 12.7. The first-order chi connectivity index (χ1) is 10.6. The molecule has 0 saturated carbocycles. The zero-order chi connectivity index (χ0) is 15.9. The quantitative estimate of drug-likeness (QED) is 0.739. The van der Waals surface area contributed by atoms with Crippen LogP contribution < -0.4 is 14.8 Å². The molecule has 2 rings (SSSR count). The second-order valence-corrected chi connectivity index (χ2v) is 5.28. The topological polar surface area (TPSA) is 50.7 Å². The highest BCUT2D eigenvalue weighted by atomic mass is 35.5. The molecule has 4 nitrogen and oxygen atoms in total.